The first-order valence-corrected chi connectivity index (χ1v) is 7.23. The van der Waals surface area contributed by atoms with Gasteiger partial charge in [-0.1, -0.05) is 24.1 Å². The number of guanidine groups is 1. The van der Waals surface area contributed by atoms with Gasteiger partial charge >= 0.3 is 0 Å². The molecule has 9 heteroatoms. The lowest BCUT2D eigenvalue weighted by Crippen LogP contribution is -2.43. The van der Waals surface area contributed by atoms with E-state index in [1.807, 2.05) is 0 Å². The average molecular weight is 338 g/mol. The normalized spacial score (nSPS) is 34.3. The van der Waals surface area contributed by atoms with Crippen molar-refractivity contribution in [3.05, 3.63) is 18.6 Å². The van der Waals surface area contributed by atoms with Gasteiger partial charge in [0.1, 0.15) is 17.9 Å². The van der Waals surface area contributed by atoms with Gasteiger partial charge in [0.2, 0.25) is 0 Å². The van der Waals surface area contributed by atoms with Gasteiger partial charge in [-0.15, -0.1) is 6.42 Å². The molecule has 8 nitrogen and oxygen atoms in total. The molecule has 1 aromatic heterocycles. The van der Waals surface area contributed by atoms with Crippen LogP contribution in [0.2, 0.25) is 0 Å². The second-order valence-corrected chi connectivity index (χ2v) is 6.10. The number of aromatic nitrogens is 2. The molecule has 0 amide bonds. The third-order valence-corrected chi connectivity index (χ3v) is 4.41. The summed E-state index contributed by atoms with van der Waals surface area (Å²) in [5.74, 6) is 2.85. The number of fused-ring (bicyclic) bond motifs is 1. The Balaban J connectivity index is 2.10. The van der Waals surface area contributed by atoms with E-state index in [0.717, 1.165) is 0 Å². The zero-order chi connectivity index (χ0) is 16.9. The highest BCUT2D eigenvalue weighted by atomic mass is 35.5. The number of imidazole rings is 1. The largest absolute Gasteiger partial charge is 0.391 e. The molecule has 1 aromatic rings. The summed E-state index contributed by atoms with van der Waals surface area (Å²) in [5, 5.41) is 22.9. The fraction of sp³-hybridized carbons (Fsp3) is 0.429. The summed E-state index contributed by atoms with van der Waals surface area (Å²) >= 11 is 6.43. The fourth-order valence-electron chi connectivity index (χ4n) is 2.72. The molecule has 3 rings (SSSR count). The molecule has 0 saturated carbocycles. The maximum Gasteiger partial charge on any atom is 0.199 e. The first-order chi connectivity index (χ1) is 10.8. The van der Waals surface area contributed by atoms with Gasteiger partial charge in [-0.3, -0.25) is 4.57 Å². The Kier molecular flexibility index (Phi) is 3.61. The number of halogens is 1. The molecule has 0 spiro atoms. The van der Waals surface area contributed by atoms with Crippen LogP contribution >= 0.6 is 11.6 Å². The van der Waals surface area contributed by atoms with Crippen LogP contribution in [0.1, 0.15) is 18.8 Å². The van der Waals surface area contributed by atoms with E-state index in [1.165, 1.54) is 17.8 Å². The smallest absolute Gasteiger partial charge is 0.199 e. The van der Waals surface area contributed by atoms with E-state index in [2.05, 4.69) is 27.8 Å². The molecule has 0 radical (unpaired) electrons. The maximum absolute atomic E-state index is 10.4. The molecular formula is C14H16ClN5O3. The number of rotatable bonds is 2. The lowest BCUT2D eigenvalue weighted by atomic mass is 9.97. The number of hydrogen-bond donors (Lipinski definition) is 4. The molecule has 0 aliphatic carbocycles. The first kappa shape index (κ1) is 15.8. The molecule has 1 fully saturated rings. The van der Waals surface area contributed by atoms with Crippen LogP contribution < -0.4 is 11.1 Å². The van der Waals surface area contributed by atoms with Crippen LogP contribution in [0.4, 0.5) is 5.82 Å². The molecule has 0 bridgehead atoms. The number of terminal acetylenes is 1. The van der Waals surface area contributed by atoms with Gasteiger partial charge in [0, 0.05) is 0 Å². The molecule has 3 heterocycles. The summed E-state index contributed by atoms with van der Waals surface area (Å²) < 4.78 is 7.19. The van der Waals surface area contributed by atoms with Crippen LogP contribution in [0.25, 0.3) is 5.70 Å². The van der Waals surface area contributed by atoms with Crippen molar-refractivity contribution in [1.29, 1.82) is 0 Å². The summed E-state index contributed by atoms with van der Waals surface area (Å²) in [6.07, 6.45) is 2.78. The predicted octanol–water partition coefficient (Wildman–Crippen LogP) is -0.347. The number of aliphatic hydroxyl groups excluding tert-OH is 2. The van der Waals surface area contributed by atoms with Crippen molar-refractivity contribution in [1.82, 2.24) is 14.9 Å². The van der Waals surface area contributed by atoms with E-state index in [9.17, 15) is 10.2 Å². The van der Waals surface area contributed by atoms with Crippen molar-refractivity contribution in [2.24, 2.45) is 10.7 Å². The van der Waals surface area contributed by atoms with Crippen LogP contribution in [-0.4, -0.2) is 48.9 Å². The standard InChI is InChI=1S/C14H16ClN5O3/c1-4-14(15)10(22)9(7(3)21)23-12(14)20-5-17-8-6(2)18-13(16)19-11(8)20/h1,5,7,9-10,12,21-22H,2H2,3H3,(H3,16,18,19)/t7-,9?,10?,12+,14+/m0/s1. The van der Waals surface area contributed by atoms with E-state index >= 15 is 0 Å². The van der Waals surface area contributed by atoms with E-state index in [1.54, 1.807) is 0 Å². The SMILES string of the molecule is C#C[C@@]1(Cl)C(O)C([C@H](C)O)O[C@H]1n1cnc2c1N=C(N)NC2=C. The molecule has 2 unspecified atom stereocenters. The molecule has 2 aliphatic rings. The Morgan fingerprint density at radius 2 is 2.39 bits per heavy atom. The zero-order valence-corrected chi connectivity index (χ0v) is 13.0. The number of ether oxygens (including phenoxy) is 1. The number of aliphatic hydroxyl groups is 2. The first-order valence-electron chi connectivity index (χ1n) is 6.85. The van der Waals surface area contributed by atoms with Crippen molar-refractivity contribution < 1.29 is 14.9 Å². The maximum atomic E-state index is 10.4. The van der Waals surface area contributed by atoms with Crippen molar-refractivity contribution >= 4 is 29.1 Å². The minimum absolute atomic E-state index is 0.135. The molecule has 122 valence electrons. The van der Waals surface area contributed by atoms with Crippen molar-refractivity contribution in [2.75, 3.05) is 0 Å². The van der Waals surface area contributed by atoms with Crippen LogP contribution in [0.3, 0.4) is 0 Å². The highest BCUT2D eigenvalue weighted by molar-refractivity contribution is 6.27. The molecule has 0 aromatic carbocycles. The van der Waals surface area contributed by atoms with Gasteiger partial charge in [-0.2, -0.15) is 4.99 Å². The summed E-state index contributed by atoms with van der Waals surface area (Å²) in [6.45, 7) is 5.29. The highest BCUT2D eigenvalue weighted by Crippen LogP contribution is 2.46. The molecular weight excluding hydrogens is 322 g/mol. The molecule has 5 atom stereocenters. The van der Waals surface area contributed by atoms with Gasteiger partial charge in [-0.25, -0.2) is 4.98 Å². The lowest BCUT2D eigenvalue weighted by molar-refractivity contribution is -0.0757. The Hall–Kier alpha value is -2.05. The lowest BCUT2D eigenvalue weighted by Gasteiger charge is -2.26. The summed E-state index contributed by atoms with van der Waals surface area (Å²) in [7, 11) is 0. The summed E-state index contributed by atoms with van der Waals surface area (Å²) in [4.78, 5) is 6.77. The predicted molar refractivity (Wildman–Crippen MR) is 84.7 cm³/mol. The minimum Gasteiger partial charge on any atom is -0.391 e. The number of nitrogens with one attached hydrogen (secondary N) is 1. The van der Waals surface area contributed by atoms with Gasteiger partial charge < -0.3 is 26.0 Å². The van der Waals surface area contributed by atoms with Crippen molar-refractivity contribution in [3.8, 4) is 12.3 Å². The van der Waals surface area contributed by atoms with Gasteiger partial charge in [0.25, 0.3) is 0 Å². The van der Waals surface area contributed by atoms with E-state index in [-0.39, 0.29) is 5.96 Å². The summed E-state index contributed by atoms with van der Waals surface area (Å²) in [6, 6.07) is 0. The van der Waals surface area contributed by atoms with Crippen molar-refractivity contribution in [3.63, 3.8) is 0 Å². The highest BCUT2D eigenvalue weighted by Gasteiger charge is 2.57. The fourth-order valence-corrected chi connectivity index (χ4v) is 3.00. The van der Waals surface area contributed by atoms with Gasteiger partial charge in [0.15, 0.2) is 22.9 Å². The van der Waals surface area contributed by atoms with Gasteiger partial charge in [0.05, 0.1) is 18.1 Å². The molecule has 23 heavy (non-hydrogen) atoms. The molecule has 1 saturated heterocycles. The quantitative estimate of drug-likeness (QED) is 0.433. The van der Waals surface area contributed by atoms with E-state index in [0.29, 0.717) is 17.2 Å². The van der Waals surface area contributed by atoms with Crippen LogP contribution in [-0.2, 0) is 4.74 Å². The number of hydrogen-bond acceptors (Lipinski definition) is 7. The second-order valence-electron chi connectivity index (χ2n) is 5.48. The number of alkyl halides is 1. The van der Waals surface area contributed by atoms with Crippen molar-refractivity contribution in [2.45, 2.75) is 36.3 Å². The zero-order valence-electron chi connectivity index (χ0n) is 12.3. The number of nitrogens with zero attached hydrogens (tertiary/aromatic N) is 3. The molecule has 2 aliphatic heterocycles. The molecule has 5 N–H and O–H groups in total. The van der Waals surface area contributed by atoms with E-state index < -0.39 is 29.4 Å². The Morgan fingerprint density at radius 1 is 1.70 bits per heavy atom. The Labute approximate surface area is 137 Å². The monoisotopic (exact) mass is 337 g/mol. The third-order valence-electron chi connectivity index (χ3n) is 3.90. The number of aliphatic imine (C=N–C) groups is 1. The van der Waals surface area contributed by atoms with E-state index in [4.69, 9.17) is 28.5 Å². The third kappa shape index (κ3) is 2.21. The second kappa shape index (κ2) is 5.25. The topological polar surface area (TPSA) is 118 Å². The Bertz CT molecular complexity index is 737. The van der Waals surface area contributed by atoms with Gasteiger partial charge in [-0.05, 0) is 6.92 Å². The van der Waals surface area contributed by atoms with Crippen LogP contribution in [0.15, 0.2) is 17.9 Å². The number of nitrogens with two attached hydrogens (primary N) is 1. The average Bonchev–Trinajstić information content (AvgIpc) is 3.00. The Morgan fingerprint density at radius 3 is 3.00 bits per heavy atom. The summed E-state index contributed by atoms with van der Waals surface area (Å²) in [5.41, 5.74) is 6.64. The minimum atomic E-state index is -1.59. The van der Waals surface area contributed by atoms with Crippen LogP contribution in [0, 0.1) is 12.3 Å². The van der Waals surface area contributed by atoms with Crippen LogP contribution in [0.5, 0.6) is 0 Å².